The second-order valence-corrected chi connectivity index (χ2v) is 8.07. The maximum atomic E-state index is 13.3. The van der Waals surface area contributed by atoms with Crippen LogP contribution in [0, 0.1) is 26.6 Å². The molecule has 2 N–H and O–H groups in total. The molecule has 138 valence electrons. The SMILES string of the molecule is Cc1cc(C)c(S(=O)(=O)NCCn2c(=O)[nH]c3cc(F)ccc32)c(C)c1. The van der Waals surface area contributed by atoms with Crippen molar-refractivity contribution in [1.82, 2.24) is 14.3 Å². The predicted octanol–water partition coefficient (Wildman–Crippen LogP) is 2.37. The largest absolute Gasteiger partial charge is 0.326 e. The number of H-pyrrole nitrogens is 1. The van der Waals surface area contributed by atoms with Crippen LogP contribution < -0.4 is 10.4 Å². The van der Waals surface area contributed by atoms with E-state index in [1.807, 2.05) is 19.1 Å². The number of imidazole rings is 1. The van der Waals surface area contributed by atoms with Gasteiger partial charge in [-0.05, 0) is 50.1 Å². The molecule has 6 nitrogen and oxygen atoms in total. The quantitative estimate of drug-likeness (QED) is 0.716. The molecule has 26 heavy (non-hydrogen) atoms. The van der Waals surface area contributed by atoms with Crippen molar-refractivity contribution in [3.05, 3.63) is 63.3 Å². The number of sulfonamides is 1. The zero-order chi connectivity index (χ0) is 19.1. The van der Waals surface area contributed by atoms with E-state index >= 15 is 0 Å². The van der Waals surface area contributed by atoms with Crippen LogP contribution >= 0.6 is 0 Å². The van der Waals surface area contributed by atoms with Crippen LogP contribution in [0.15, 0.2) is 40.0 Å². The van der Waals surface area contributed by atoms with Gasteiger partial charge in [0.15, 0.2) is 0 Å². The van der Waals surface area contributed by atoms with Crippen molar-refractivity contribution in [1.29, 1.82) is 0 Å². The number of fused-ring (bicyclic) bond motifs is 1. The van der Waals surface area contributed by atoms with Crippen LogP contribution in [-0.2, 0) is 16.6 Å². The fourth-order valence-electron chi connectivity index (χ4n) is 3.31. The Bertz CT molecular complexity index is 1120. The number of aromatic nitrogens is 2. The van der Waals surface area contributed by atoms with Gasteiger partial charge < -0.3 is 4.98 Å². The Hall–Kier alpha value is -2.45. The first-order chi connectivity index (χ1) is 12.2. The van der Waals surface area contributed by atoms with Crippen LogP contribution in [0.5, 0.6) is 0 Å². The molecule has 0 aliphatic heterocycles. The minimum atomic E-state index is -3.70. The molecule has 0 unspecified atom stereocenters. The Balaban J connectivity index is 1.82. The molecule has 3 aromatic rings. The number of nitrogens with zero attached hydrogens (tertiary/aromatic N) is 1. The molecule has 0 radical (unpaired) electrons. The fourth-order valence-corrected chi connectivity index (χ4v) is 4.78. The zero-order valence-electron chi connectivity index (χ0n) is 14.8. The average Bonchev–Trinajstić information content (AvgIpc) is 2.80. The average molecular weight is 377 g/mol. The molecular weight excluding hydrogens is 357 g/mol. The zero-order valence-corrected chi connectivity index (χ0v) is 15.6. The summed E-state index contributed by atoms with van der Waals surface area (Å²) in [4.78, 5) is 14.9. The summed E-state index contributed by atoms with van der Waals surface area (Å²) in [6.07, 6.45) is 0. The third-order valence-corrected chi connectivity index (χ3v) is 6.00. The van der Waals surface area contributed by atoms with Gasteiger partial charge in [-0.25, -0.2) is 22.3 Å². The molecule has 3 rings (SSSR count). The summed E-state index contributed by atoms with van der Waals surface area (Å²) in [7, 11) is -3.70. The Kier molecular flexibility index (Phi) is 4.72. The van der Waals surface area contributed by atoms with Crippen molar-refractivity contribution in [2.24, 2.45) is 0 Å². The van der Waals surface area contributed by atoms with Gasteiger partial charge in [0, 0.05) is 13.1 Å². The molecule has 0 spiro atoms. The highest BCUT2D eigenvalue weighted by Crippen LogP contribution is 2.21. The summed E-state index contributed by atoms with van der Waals surface area (Å²) >= 11 is 0. The van der Waals surface area contributed by atoms with Crippen molar-refractivity contribution in [2.75, 3.05) is 6.54 Å². The van der Waals surface area contributed by atoms with Crippen LogP contribution in [0.3, 0.4) is 0 Å². The number of rotatable bonds is 5. The second-order valence-electron chi connectivity index (χ2n) is 6.37. The van der Waals surface area contributed by atoms with Crippen LogP contribution in [0.2, 0.25) is 0 Å². The molecular formula is C18H20FN3O3S. The molecule has 2 aromatic carbocycles. The minimum Gasteiger partial charge on any atom is -0.305 e. The normalized spacial score (nSPS) is 12.0. The Morgan fingerprint density at radius 3 is 2.42 bits per heavy atom. The molecule has 1 aromatic heterocycles. The third kappa shape index (κ3) is 3.42. The highest BCUT2D eigenvalue weighted by atomic mass is 32.2. The molecule has 1 heterocycles. The molecule has 0 fully saturated rings. The summed E-state index contributed by atoms with van der Waals surface area (Å²) in [6, 6.07) is 7.62. The lowest BCUT2D eigenvalue weighted by Crippen LogP contribution is -2.31. The van der Waals surface area contributed by atoms with Gasteiger partial charge in [-0.1, -0.05) is 17.7 Å². The van der Waals surface area contributed by atoms with E-state index in [-0.39, 0.29) is 18.0 Å². The molecule has 0 aliphatic carbocycles. The van der Waals surface area contributed by atoms with Gasteiger partial charge >= 0.3 is 5.69 Å². The van der Waals surface area contributed by atoms with E-state index < -0.39 is 21.5 Å². The van der Waals surface area contributed by atoms with Crippen LogP contribution in [-0.4, -0.2) is 24.5 Å². The van der Waals surface area contributed by atoms with Gasteiger partial charge in [-0.3, -0.25) is 4.57 Å². The molecule has 0 bridgehead atoms. The number of aryl methyl sites for hydroxylation is 3. The molecule has 0 aliphatic rings. The highest BCUT2D eigenvalue weighted by Gasteiger charge is 2.19. The predicted molar refractivity (Wildman–Crippen MR) is 98.4 cm³/mol. The minimum absolute atomic E-state index is 0.0410. The van der Waals surface area contributed by atoms with Gasteiger partial charge in [-0.15, -0.1) is 0 Å². The van der Waals surface area contributed by atoms with Crippen molar-refractivity contribution >= 4 is 21.1 Å². The molecule has 8 heteroatoms. The molecule has 0 saturated heterocycles. The molecule has 0 atom stereocenters. The number of hydrogen-bond donors (Lipinski definition) is 2. The molecule has 0 amide bonds. The standard InChI is InChI=1S/C18H20FN3O3S/c1-11-8-12(2)17(13(3)9-11)26(24,25)20-6-7-22-16-5-4-14(19)10-15(16)21-18(22)23/h4-5,8-10,20H,6-7H2,1-3H3,(H,21,23). The topological polar surface area (TPSA) is 84.0 Å². The summed E-state index contributed by atoms with van der Waals surface area (Å²) < 4.78 is 42.5. The van der Waals surface area contributed by atoms with E-state index in [2.05, 4.69) is 9.71 Å². The highest BCUT2D eigenvalue weighted by molar-refractivity contribution is 7.89. The van der Waals surface area contributed by atoms with Crippen molar-refractivity contribution < 1.29 is 12.8 Å². The first-order valence-electron chi connectivity index (χ1n) is 8.14. The maximum Gasteiger partial charge on any atom is 0.326 e. The smallest absolute Gasteiger partial charge is 0.305 e. The van der Waals surface area contributed by atoms with E-state index in [4.69, 9.17) is 0 Å². The number of nitrogens with one attached hydrogen (secondary N) is 2. The Morgan fingerprint density at radius 2 is 1.77 bits per heavy atom. The third-order valence-electron chi connectivity index (χ3n) is 4.24. The van der Waals surface area contributed by atoms with Gasteiger partial charge in [0.25, 0.3) is 0 Å². The van der Waals surface area contributed by atoms with E-state index in [1.165, 1.54) is 22.8 Å². The van der Waals surface area contributed by atoms with Crippen LogP contribution in [0.4, 0.5) is 4.39 Å². The van der Waals surface area contributed by atoms with Crippen molar-refractivity contribution in [3.63, 3.8) is 0 Å². The second kappa shape index (κ2) is 6.69. The molecule has 0 saturated carbocycles. The first kappa shape index (κ1) is 18.3. The number of halogens is 1. The van der Waals surface area contributed by atoms with E-state index in [9.17, 15) is 17.6 Å². The van der Waals surface area contributed by atoms with Gasteiger partial charge in [0.1, 0.15) is 5.82 Å². The van der Waals surface area contributed by atoms with E-state index in [0.717, 1.165) is 5.56 Å². The summed E-state index contributed by atoms with van der Waals surface area (Å²) in [5.74, 6) is -0.447. The monoisotopic (exact) mass is 377 g/mol. The van der Waals surface area contributed by atoms with E-state index in [1.54, 1.807) is 13.8 Å². The number of benzene rings is 2. The lowest BCUT2D eigenvalue weighted by atomic mass is 10.1. The number of hydrogen-bond acceptors (Lipinski definition) is 3. The maximum absolute atomic E-state index is 13.3. The van der Waals surface area contributed by atoms with Crippen molar-refractivity contribution in [2.45, 2.75) is 32.2 Å². The first-order valence-corrected chi connectivity index (χ1v) is 9.63. The van der Waals surface area contributed by atoms with Gasteiger partial charge in [0.2, 0.25) is 10.0 Å². The van der Waals surface area contributed by atoms with Crippen LogP contribution in [0.1, 0.15) is 16.7 Å². The fraction of sp³-hybridized carbons (Fsp3) is 0.278. The summed E-state index contributed by atoms with van der Waals surface area (Å²) in [6.45, 7) is 5.60. The van der Waals surface area contributed by atoms with Gasteiger partial charge in [-0.2, -0.15) is 0 Å². The Morgan fingerprint density at radius 1 is 1.12 bits per heavy atom. The van der Waals surface area contributed by atoms with E-state index in [0.29, 0.717) is 22.2 Å². The lowest BCUT2D eigenvalue weighted by molar-refractivity contribution is 0.571. The lowest BCUT2D eigenvalue weighted by Gasteiger charge is -2.13. The summed E-state index contributed by atoms with van der Waals surface area (Å²) in [5, 5.41) is 0. The van der Waals surface area contributed by atoms with Gasteiger partial charge in [0.05, 0.1) is 15.9 Å². The Labute approximate surface area is 150 Å². The summed E-state index contributed by atoms with van der Waals surface area (Å²) in [5.41, 5.74) is 2.84. The van der Waals surface area contributed by atoms with Crippen LogP contribution in [0.25, 0.3) is 11.0 Å². The van der Waals surface area contributed by atoms with Crippen molar-refractivity contribution in [3.8, 4) is 0 Å². The number of aromatic amines is 1.